The van der Waals surface area contributed by atoms with E-state index in [4.69, 9.17) is 11.6 Å². The number of fused-ring (bicyclic) bond motifs is 1. The number of hydrogen-bond acceptors (Lipinski definition) is 5. The summed E-state index contributed by atoms with van der Waals surface area (Å²) in [4.78, 5) is 8.85. The number of aromatic nitrogens is 4. The second-order valence-electron chi connectivity index (χ2n) is 8.04. The minimum Gasteiger partial charge on any atom is -0.251 e. The number of nitrogens with zero attached hydrogens (tertiary/aromatic N) is 5. The van der Waals surface area contributed by atoms with Crippen molar-refractivity contribution in [3.63, 3.8) is 0 Å². The lowest BCUT2D eigenvalue weighted by Crippen LogP contribution is -2.07. The van der Waals surface area contributed by atoms with Crippen LogP contribution >= 0.6 is 23.4 Å². The highest BCUT2D eigenvalue weighted by Gasteiger charge is 2.44. The normalized spacial score (nSPS) is 14.8. The van der Waals surface area contributed by atoms with E-state index in [0.717, 1.165) is 52.4 Å². The van der Waals surface area contributed by atoms with Crippen molar-refractivity contribution >= 4 is 34.3 Å². The fourth-order valence-corrected chi connectivity index (χ4v) is 4.89. The molecule has 0 aliphatic heterocycles. The molecule has 5 nitrogen and oxygen atoms in total. The van der Waals surface area contributed by atoms with E-state index < -0.39 is 11.9 Å². The molecule has 1 saturated carbocycles. The SMILES string of the molecule is CCSc1cc(-c2ccc(C3(C#N)CC3)cc2)cnc1-n1nc2cc(C(F)(F)F)ncc2c1Cl. The zero-order chi connectivity index (χ0) is 24.1. The Balaban J connectivity index is 1.55. The lowest BCUT2D eigenvalue weighted by Gasteiger charge is -2.12. The van der Waals surface area contributed by atoms with Gasteiger partial charge in [0.25, 0.3) is 0 Å². The van der Waals surface area contributed by atoms with Crippen LogP contribution in [0.3, 0.4) is 0 Å². The monoisotopic (exact) mass is 499 g/mol. The van der Waals surface area contributed by atoms with Gasteiger partial charge in [-0.15, -0.1) is 11.8 Å². The van der Waals surface area contributed by atoms with Crippen LogP contribution in [0.15, 0.2) is 53.7 Å². The molecular formula is C24H17ClF3N5S. The van der Waals surface area contributed by atoms with Gasteiger partial charge in [0.15, 0.2) is 5.82 Å². The third-order valence-corrected chi connectivity index (χ3v) is 7.12. The van der Waals surface area contributed by atoms with Gasteiger partial charge in [-0.2, -0.15) is 23.5 Å². The van der Waals surface area contributed by atoms with E-state index in [1.165, 1.54) is 16.4 Å². The Labute approximate surface area is 202 Å². The molecule has 3 heterocycles. The smallest absolute Gasteiger partial charge is 0.251 e. The highest BCUT2D eigenvalue weighted by molar-refractivity contribution is 7.99. The lowest BCUT2D eigenvalue weighted by molar-refractivity contribution is -0.141. The Morgan fingerprint density at radius 1 is 1.12 bits per heavy atom. The predicted molar refractivity (Wildman–Crippen MR) is 125 cm³/mol. The quantitative estimate of drug-likeness (QED) is 0.282. The number of halogens is 4. The summed E-state index contributed by atoms with van der Waals surface area (Å²) in [7, 11) is 0. The molecule has 0 unspecified atom stereocenters. The molecule has 3 aromatic heterocycles. The van der Waals surface area contributed by atoms with E-state index in [2.05, 4.69) is 21.1 Å². The zero-order valence-corrected chi connectivity index (χ0v) is 19.5. The molecule has 1 aliphatic rings. The molecule has 0 spiro atoms. The standard InChI is InChI=1S/C24H17ClF3N5S/c1-2-34-19-9-15(14-3-5-16(6-4-14)23(13-29)7-8-23)11-31-22(19)33-21(25)17-12-30-20(24(26,27)28)10-18(17)32-33/h3-6,9-12H,2,7-8H2,1H3. The first kappa shape index (κ1) is 22.7. The van der Waals surface area contributed by atoms with Gasteiger partial charge in [-0.3, -0.25) is 4.98 Å². The van der Waals surface area contributed by atoms with Crippen LogP contribution in [-0.4, -0.2) is 25.5 Å². The minimum absolute atomic E-state index is 0.0905. The van der Waals surface area contributed by atoms with Gasteiger partial charge in [-0.05, 0) is 41.9 Å². The Kier molecular flexibility index (Phi) is 5.53. The van der Waals surface area contributed by atoms with E-state index >= 15 is 0 Å². The predicted octanol–water partition coefficient (Wildman–Crippen LogP) is 6.82. The minimum atomic E-state index is -4.57. The average Bonchev–Trinajstić information content (AvgIpc) is 3.57. The number of nitriles is 1. The molecule has 10 heteroatoms. The van der Waals surface area contributed by atoms with E-state index in [0.29, 0.717) is 11.2 Å². The van der Waals surface area contributed by atoms with Crippen molar-refractivity contribution in [1.29, 1.82) is 5.26 Å². The van der Waals surface area contributed by atoms with Crippen LogP contribution in [0.25, 0.3) is 27.8 Å². The van der Waals surface area contributed by atoms with Gasteiger partial charge >= 0.3 is 6.18 Å². The van der Waals surface area contributed by atoms with Crippen molar-refractivity contribution in [2.24, 2.45) is 0 Å². The van der Waals surface area contributed by atoms with Crippen molar-refractivity contribution in [2.45, 2.75) is 36.3 Å². The molecule has 172 valence electrons. The maximum Gasteiger partial charge on any atom is 0.433 e. The van der Waals surface area contributed by atoms with Gasteiger partial charge < -0.3 is 0 Å². The zero-order valence-electron chi connectivity index (χ0n) is 17.9. The van der Waals surface area contributed by atoms with E-state index in [9.17, 15) is 18.4 Å². The fourth-order valence-electron chi connectivity index (χ4n) is 3.84. The second kappa shape index (κ2) is 8.29. The molecular weight excluding hydrogens is 483 g/mol. The first-order valence-electron chi connectivity index (χ1n) is 10.5. The molecule has 0 saturated heterocycles. The molecule has 4 aromatic rings. The summed E-state index contributed by atoms with van der Waals surface area (Å²) in [5.41, 5.74) is 1.57. The lowest BCUT2D eigenvalue weighted by atomic mass is 9.95. The van der Waals surface area contributed by atoms with Gasteiger partial charge in [0.05, 0.1) is 27.3 Å². The highest BCUT2D eigenvalue weighted by atomic mass is 35.5. The van der Waals surface area contributed by atoms with Crippen molar-refractivity contribution < 1.29 is 13.2 Å². The van der Waals surface area contributed by atoms with Crippen LogP contribution in [0.5, 0.6) is 0 Å². The van der Waals surface area contributed by atoms with Crippen LogP contribution in [0.2, 0.25) is 5.15 Å². The van der Waals surface area contributed by atoms with Gasteiger partial charge in [0, 0.05) is 18.0 Å². The van der Waals surface area contributed by atoms with Crippen LogP contribution < -0.4 is 0 Å². The maximum atomic E-state index is 13.1. The van der Waals surface area contributed by atoms with Gasteiger partial charge in [0.2, 0.25) is 0 Å². The van der Waals surface area contributed by atoms with Crippen LogP contribution in [0, 0.1) is 11.3 Å². The highest BCUT2D eigenvalue weighted by Crippen LogP contribution is 2.47. The number of rotatable bonds is 5. The van der Waals surface area contributed by atoms with E-state index in [1.54, 1.807) is 6.20 Å². The second-order valence-corrected chi connectivity index (χ2v) is 9.70. The van der Waals surface area contributed by atoms with Crippen molar-refractivity contribution in [2.75, 3.05) is 5.75 Å². The largest absolute Gasteiger partial charge is 0.433 e. The average molecular weight is 500 g/mol. The molecule has 0 atom stereocenters. The molecule has 0 N–H and O–H groups in total. The Morgan fingerprint density at radius 2 is 1.85 bits per heavy atom. The number of benzene rings is 1. The van der Waals surface area contributed by atoms with Gasteiger partial charge in [0.1, 0.15) is 10.8 Å². The number of thioether (sulfide) groups is 1. The molecule has 0 bridgehead atoms. The summed E-state index contributed by atoms with van der Waals surface area (Å²) in [6, 6.07) is 13.2. The molecule has 1 fully saturated rings. The first-order chi connectivity index (χ1) is 16.3. The molecule has 0 amide bonds. The van der Waals surface area contributed by atoms with E-state index in [-0.39, 0.29) is 16.1 Å². The Morgan fingerprint density at radius 3 is 2.47 bits per heavy atom. The summed E-state index contributed by atoms with van der Waals surface area (Å²) >= 11 is 8.00. The summed E-state index contributed by atoms with van der Waals surface area (Å²) < 4.78 is 40.6. The summed E-state index contributed by atoms with van der Waals surface area (Å²) in [6.45, 7) is 1.99. The summed E-state index contributed by atoms with van der Waals surface area (Å²) in [5, 5.41) is 14.2. The van der Waals surface area contributed by atoms with Gasteiger partial charge in [-0.25, -0.2) is 9.67 Å². The Hall–Kier alpha value is -3.09. The molecule has 1 aromatic carbocycles. The van der Waals surface area contributed by atoms with Crippen LogP contribution in [0.4, 0.5) is 13.2 Å². The summed E-state index contributed by atoms with van der Waals surface area (Å²) in [5.74, 6) is 1.18. The van der Waals surface area contributed by atoms with Crippen molar-refractivity contribution in [3.05, 3.63) is 65.2 Å². The van der Waals surface area contributed by atoms with Crippen molar-refractivity contribution in [1.82, 2.24) is 19.7 Å². The Bertz CT molecular complexity index is 1440. The molecule has 1 aliphatic carbocycles. The maximum absolute atomic E-state index is 13.1. The van der Waals surface area contributed by atoms with Gasteiger partial charge in [-0.1, -0.05) is 42.8 Å². The molecule has 0 radical (unpaired) electrons. The summed E-state index contributed by atoms with van der Waals surface area (Å²) in [6.07, 6.45) is -0.0377. The van der Waals surface area contributed by atoms with Crippen LogP contribution in [0.1, 0.15) is 31.0 Å². The topological polar surface area (TPSA) is 67.4 Å². The third kappa shape index (κ3) is 3.91. The molecule has 34 heavy (non-hydrogen) atoms. The van der Waals surface area contributed by atoms with Crippen LogP contribution in [-0.2, 0) is 11.6 Å². The number of pyridine rings is 2. The molecule has 5 rings (SSSR count). The number of hydrogen-bond donors (Lipinski definition) is 0. The van der Waals surface area contributed by atoms with E-state index in [1.807, 2.05) is 37.3 Å². The fraction of sp³-hybridized carbons (Fsp3) is 0.250. The third-order valence-electron chi connectivity index (χ3n) is 5.86. The first-order valence-corrected chi connectivity index (χ1v) is 11.9. The number of alkyl halides is 3. The van der Waals surface area contributed by atoms with Crippen molar-refractivity contribution in [3.8, 4) is 23.0 Å².